The van der Waals surface area contributed by atoms with Gasteiger partial charge in [-0.2, -0.15) is 0 Å². The van der Waals surface area contributed by atoms with E-state index in [9.17, 15) is 4.79 Å². The van der Waals surface area contributed by atoms with E-state index in [4.69, 9.17) is 16.3 Å². The number of carbonyl (C=O) groups is 1. The molecule has 0 atom stereocenters. The molecule has 1 N–H and O–H groups in total. The van der Waals surface area contributed by atoms with E-state index in [0.717, 1.165) is 16.6 Å². The summed E-state index contributed by atoms with van der Waals surface area (Å²) in [6.45, 7) is 2.05. The number of aromatic amines is 1. The van der Waals surface area contributed by atoms with Crippen molar-refractivity contribution < 1.29 is 9.53 Å². The average Bonchev–Trinajstić information content (AvgIpc) is 2.89. The van der Waals surface area contributed by atoms with Crippen LogP contribution in [0.4, 0.5) is 0 Å². The van der Waals surface area contributed by atoms with E-state index in [1.54, 1.807) is 12.1 Å². The average molecular weight is 316 g/mol. The van der Waals surface area contributed by atoms with Crippen molar-refractivity contribution in [2.24, 2.45) is 0 Å². The second kappa shape index (κ2) is 6.15. The molecule has 0 radical (unpaired) electrons. The third kappa shape index (κ3) is 3.26. The fraction of sp³-hybridized carbons (Fsp3) is 0.188. The van der Waals surface area contributed by atoms with Crippen LogP contribution < -0.4 is 0 Å². The van der Waals surface area contributed by atoms with Gasteiger partial charge in [-0.1, -0.05) is 35.9 Å². The largest absolute Gasteiger partial charge is 0.457 e. The van der Waals surface area contributed by atoms with Crippen LogP contribution in [0.3, 0.4) is 0 Å². The van der Waals surface area contributed by atoms with Crippen LogP contribution >= 0.6 is 11.6 Å². The molecule has 0 amide bonds. The number of ether oxygens (including phenoxy) is 1. The molecule has 22 heavy (non-hydrogen) atoms. The molecule has 112 valence electrons. The Kier molecular flexibility index (Phi) is 4.06. The Morgan fingerprint density at radius 2 is 2.05 bits per heavy atom. The second-order valence-electron chi connectivity index (χ2n) is 4.95. The molecule has 0 bridgehead atoms. The van der Waals surface area contributed by atoms with Gasteiger partial charge in [0.25, 0.3) is 0 Å². The van der Waals surface area contributed by atoms with Crippen molar-refractivity contribution in [2.75, 3.05) is 0 Å². The van der Waals surface area contributed by atoms with Crippen LogP contribution in [0.5, 0.6) is 0 Å². The van der Waals surface area contributed by atoms with Gasteiger partial charge in [-0.05, 0) is 30.2 Å². The van der Waals surface area contributed by atoms with Gasteiger partial charge in [0.2, 0.25) is 0 Å². The number of carbonyl (C=O) groups excluding carboxylic acids is 1. The SMILES string of the molecule is Cc1ccccc1CC(=O)OCc1nc2nc(Cl)ccc2[nH]1. The van der Waals surface area contributed by atoms with Gasteiger partial charge < -0.3 is 9.72 Å². The van der Waals surface area contributed by atoms with Gasteiger partial charge in [-0.25, -0.2) is 9.97 Å². The topological polar surface area (TPSA) is 67.9 Å². The second-order valence-corrected chi connectivity index (χ2v) is 5.34. The molecule has 0 spiro atoms. The van der Waals surface area contributed by atoms with Crippen molar-refractivity contribution >= 4 is 28.7 Å². The number of pyridine rings is 1. The predicted octanol–water partition coefficient (Wildman–Crippen LogP) is 3.21. The van der Waals surface area contributed by atoms with Gasteiger partial charge in [-0.15, -0.1) is 0 Å². The molecule has 3 rings (SSSR count). The van der Waals surface area contributed by atoms with Crippen LogP contribution in [-0.2, 0) is 22.6 Å². The number of halogens is 1. The fourth-order valence-electron chi connectivity index (χ4n) is 2.15. The fourth-order valence-corrected chi connectivity index (χ4v) is 2.29. The van der Waals surface area contributed by atoms with Gasteiger partial charge in [0, 0.05) is 0 Å². The maximum atomic E-state index is 11.9. The number of nitrogens with one attached hydrogen (secondary N) is 1. The first-order valence-electron chi connectivity index (χ1n) is 6.83. The highest BCUT2D eigenvalue weighted by Gasteiger charge is 2.10. The number of aromatic nitrogens is 3. The van der Waals surface area contributed by atoms with Crippen LogP contribution in [0.15, 0.2) is 36.4 Å². The van der Waals surface area contributed by atoms with E-state index in [1.165, 1.54) is 0 Å². The quantitative estimate of drug-likeness (QED) is 0.593. The lowest BCUT2D eigenvalue weighted by Gasteiger charge is -2.05. The van der Waals surface area contributed by atoms with Crippen LogP contribution in [0.25, 0.3) is 11.2 Å². The molecule has 0 fully saturated rings. The van der Waals surface area contributed by atoms with Gasteiger partial charge >= 0.3 is 5.97 Å². The summed E-state index contributed by atoms with van der Waals surface area (Å²) in [7, 11) is 0. The molecular weight excluding hydrogens is 302 g/mol. The molecule has 0 aliphatic carbocycles. The molecule has 1 aromatic carbocycles. The van der Waals surface area contributed by atoms with Gasteiger partial charge in [-0.3, -0.25) is 4.79 Å². The number of H-pyrrole nitrogens is 1. The smallest absolute Gasteiger partial charge is 0.310 e. The highest BCUT2D eigenvalue weighted by Crippen LogP contribution is 2.14. The minimum Gasteiger partial charge on any atom is -0.457 e. The number of fused-ring (bicyclic) bond motifs is 1. The van der Waals surface area contributed by atoms with Crippen LogP contribution in [0, 0.1) is 6.92 Å². The molecular formula is C16H14ClN3O2. The van der Waals surface area contributed by atoms with Crippen molar-refractivity contribution in [3.05, 3.63) is 58.5 Å². The third-order valence-corrected chi connectivity index (χ3v) is 3.54. The summed E-state index contributed by atoms with van der Waals surface area (Å²) in [5, 5.41) is 0.377. The Hall–Kier alpha value is -2.40. The summed E-state index contributed by atoms with van der Waals surface area (Å²) in [6.07, 6.45) is 0.247. The van der Waals surface area contributed by atoms with Crippen LogP contribution in [0.1, 0.15) is 17.0 Å². The summed E-state index contributed by atoms with van der Waals surface area (Å²) in [6, 6.07) is 11.2. The van der Waals surface area contributed by atoms with Crippen LogP contribution in [0.2, 0.25) is 5.15 Å². The van der Waals surface area contributed by atoms with E-state index in [-0.39, 0.29) is 19.0 Å². The number of benzene rings is 1. The lowest BCUT2D eigenvalue weighted by atomic mass is 10.1. The molecule has 0 unspecified atom stereocenters. The number of esters is 1. The maximum absolute atomic E-state index is 11.9. The molecule has 0 aliphatic heterocycles. The first-order chi connectivity index (χ1) is 10.6. The zero-order chi connectivity index (χ0) is 15.5. The van der Waals surface area contributed by atoms with E-state index in [2.05, 4.69) is 15.0 Å². The number of hydrogen-bond acceptors (Lipinski definition) is 4. The highest BCUT2D eigenvalue weighted by atomic mass is 35.5. The molecule has 5 nitrogen and oxygen atoms in total. The van der Waals surface area contributed by atoms with E-state index < -0.39 is 0 Å². The molecule has 0 saturated carbocycles. The van der Waals surface area contributed by atoms with Crippen molar-refractivity contribution in [3.8, 4) is 0 Å². The third-order valence-electron chi connectivity index (χ3n) is 3.33. The van der Waals surface area contributed by atoms with Gasteiger partial charge in [0.1, 0.15) is 17.6 Å². The molecule has 6 heteroatoms. The van der Waals surface area contributed by atoms with Crippen molar-refractivity contribution in [1.82, 2.24) is 15.0 Å². The number of nitrogens with zero attached hydrogens (tertiary/aromatic N) is 2. The number of aryl methyl sites for hydroxylation is 1. The summed E-state index contributed by atoms with van der Waals surface area (Å²) in [5.41, 5.74) is 3.30. The number of hydrogen-bond donors (Lipinski definition) is 1. The maximum Gasteiger partial charge on any atom is 0.310 e. The molecule has 3 aromatic rings. The number of rotatable bonds is 4. The summed E-state index contributed by atoms with van der Waals surface area (Å²) in [5.74, 6) is 0.253. The number of imidazole rings is 1. The Bertz CT molecular complexity index is 829. The minimum atomic E-state index is -0.291. The van der Waals surface area contributed by atoms with E-state index in [1.807, 2.05) is 31.2 Å². The molecule has 0 aliphatic rings. The zero-order valence-electron chi connectivity index (χ0n) is 12.0. The molecule has 2 aromatic heterocycles. The van der Waals surface area contributed by atoms with Crippen molar-refractivity contribution in [3.63, 3.8) is 0 Å². The Balaban J connectivity index is 1.63. The van der Waals surface area contributed by atoms with Crippen LogP contribution in [-0.4, -0.2) is 20.9 Å². The van der Waals surface area contributed by atoms with Crippen molar-refractivity contribution in [2.45, 2.75) is 20.0 Å². The lowest BCUT2D eigenvalue weighted by Crippen LogP contribution is -2.09. The normalized spacial score (nSPS) is 10.8. The first-order valence-corrected chi connectivity index (χ1v) is 7.21. The van der Waals surface area contributed by atoms with E-state index in [0.29, 0.717) is 16.6 Å². The zero-order valence-corrected chi connectivity index (χ0v) is 12.7. The standard InChI is InChI=1S/C16H14ClN3O2/c1-10-4-2-3-5-11(10)8-15(21)22-9-14-18-12-6-7-13(17)19-16(12)20-14/h2-7H,8-9H2,1H3,(H,18,19,20). The Labute approximate surface area is 132 Å². The van der Waals surface area contributed by atoms with E-state index >= 15 is 0 Å². The van der Waals surface area contributed by atoms with Gasteiger partial charge in [0.05, 0.1) is 11.9 Å². The van der Waals surface area contributed by atoms with Crippen molar-refractivity contribution in [1.29, 1.82) is 0 Å². The summed E-state index contributed by atoms with van der Waals surface area (Å²) < 4.78 is 5.25. The Morgan fingerprint density at radius 3 is 2.86 bits per heavy atom. The predicted molar refractivity (Wildman–Crippen MR) is 83.6 cm³/mol. The molecule has 2 heterocycles. The monoisotopic (exact) mass is 315 g/mol. The Morgan fingerprint density at radius 1 is 1.23 bits per heavy atom. The summed E-state index contributed by atoms with van der Waals surface area (Å²) >= 11 is 5.81. The minimum absolute atomic E-state index is 0.0820. The first kappa shape index (κ1) is 14.5. The summed E-state index contributed by atoms with van der Waals surface area (Å²) in [4.78, 5) is 23.3. The lowest BCUT2D eigenvalue weighted by molar-refractivity contribution is -0.144. The molecule has 0 saturated heterocycles. The van der Waals surface area contributed by atoms with Gasteiger partial charge in [0.15, 0.2) is 5.65 Å². The highest BCUT2D eigenvalue weighted by molar-refractivity contribution is 6.29.